The maximum absolute atomic E-state index is 7.95. The highest BCUT2D eigenvalue weighted by molar-refractivity contribution is 6.34. The van der Waals surface area contributed by atoms with E-state index in [-0.39, 0.29) is 5.62 Å². The Morgan fingerprint density at radius 1 is 0.880 bits per heavy atom. The normalized spacial score (nSPS) is 11.8. The van der Waals surface area contributed by atoms with Gasteiger partial charge in [-0.25, -0.2) is 4.98 Å². The van der Waals surface area contributed by atoms with Crippen LogP contribution in [0.15, 0.2) is 36.4 Å². The third-order valence-electron chi connectivity index (χ3n) is 4.66. The van der Waals surface area contributed by atoms with Crippen molar-refractivity contribution in [1.82, 2.24) is 15.0 Å². The van der Waals surface area contributed by atoms with Crippen LogP contribution in [0.3, 0.4) is 0 Å². The Hall–Kier alpha value is -3.41. The van der Waals surface area contributed by atoms with Gasteiger partial charge in [0, 0.05) is 22.2 Å². The van der Waals surface area contributed by atoms with Crippen LogP contribution in [0, 0.1) is 5.41 Å². The minimum absolute atomic E-state index is 0.00114. The smallest absolute Gasteiger partial charge is 0.244 e. The van der Waals surface area contributed by atoms with Gasteiger partial charge in [0.15, 0.2) is 11.5 Å². The first-order valence-electron chi connectivity index (χ1n) is 7.85. The summed E-state index contributed by atoms with van der Waals surface area (Å²) in [6.45, 7) is 0. The molecule has 0 bridgehead atoms. The van der Waals surface area contributed by atoms with Gasteiger partial charge in [-0.2, -0.15) is 4.98 Å². The lowest BCUT2D eigenvalue weighted by molar-refractivity contribution is 0.356. The monoisotopic (exact) mass is 330 g/mol. The molecule has 0 saturated heterocycles. The Bertz CT molecular complexity index is 1340. The van der Waals surface area contributed by atoms with E-state index in [0.29, 0.717) is 17.1 Å². The fourth-order valence-electron chi connectivity index (χ4n) is 3.62. The van der Waals surface area contributed by atoms with Crippen LogP contribution in [0.25, 0.3) is 43.6 Å². The predicted octanol–water partition coefficient (Wildman–Crippen LogP) is 3.35. The largest absolute Gasteiger partial charge is 0.493 e. The molecule has 0 radical (unpaired) electrons. The van der Waals surface area contributed by atoms with E-state index in [9.17, 15) is 0 Å². The lowest BCUT2D eigenvalue weighted by Gasteiger charge is -2.11. The molecule has 2 N–H and O–H groups in total. The predicted molar refractivity (Wildman–Crippen MR) is 96.6 cm³/mol. The van der Waals surface area contributed by atoms with E-state index < -0.39 is 0 Å². The molecule has 5 aromatic rings. The number of aromatic nitrogens is 3. The van der Waals surface area contributed by atoms with Gasteiger partial charge in [0.25, 0.3) is 0 Å². The number of nitrogens with zero attached hydrogens (tertiary/aromatic N) is 2. The molecule has 0 aliphatic rings. The molecule has 0 amide bonds. The third-order valence-corrected chi connectivity index (χ3v) is 4.66. The van der Waals surface area contributed by atoms with E-state index >= 15 is 0 Å². The lowest BCUT2D eigenvalue weighted by atomic mass is 10.1. The van der Waals surface area contributed by atoms with Crippen molar-refractivity contribution in [2.24, 2.45) is 0 Å². The number of hydrogen-bond acceptors (Lipinski definition) is 5. The highest BCUT2D eigenvalue weighted by Crippen LogP contribution is 2.42. The summed E-state index contributed by atoms with van der Waals surface area (Å²) in [6.07, 6.45) is 0. The standard InChI is InChI=1S/C19H14N4O2/c1-24-13-7-11-12(8-14(13)25-2)21-18-16-15(11)9-5-3-4-6-10(9)17(16)22-19(20)23-18/h3-8H,1-2H3,(H2,20,21,22,23). The van der Waals surface area contributed by atoms with E-state index in [0.717, 1.165) is 38.0 Å². The van der Waals surface area contributed by atoms with Gasteiger partial charge in [0.05, 0.1) is 30.6 Å². The molecule has 2 aromatic heterocycles. The summed E-state index contributed by atoms with van der Waals surface area (Å²) in [5, 5.41) is 13.1. The van der Waals surface area contributed by atoms with Crippen molar-refractivity contribution in [3.05, 3.63) is 42.0 Å². The summed E-state index contributed by atoms with van der Waals surface area (Å²) in [4.78, 5) is 12.0. The number of H-pyrrole nitrogens is 1. The fourth-order valence-corrected chi connectivity index (χ4v) is 3.62. The number of methoxy groups -OCH3 is 2. The molecule has 3 aromatic carbocycles. The fraction of sp³-hybridized carbons (Fsp3) is 0.105. The molecule has 0 aliphatic heterocycles. The SMILES string of the molecule is COc1cc2[nH]c3nc(=N)nc4c5ccccc5c(c2cc1OC)c34. The molecule has 2 heterocycles. The summed E-state index contributed by atoms with van der Waals surface area (Å²) < 4.78 is 10.9. The number of benzene rings is 2. The molecular weight excluding hydrogens is 316 g/mol. The first kappa shape index (κ1) is 14.0. The maximum atomic E-state index is 7.95. The highest BCUT2D eigenvalue weighted by atomic mass is 16.5. The summed E-state index contributed by atoms with van der Waals surface area (Å²) in [7, 11) is 3.24. The molecule has 0 unspecified atom stereocenters. The topological polar surface area (TPSA) is 83.9 Å². The molecular formula is C19H14N4O2. The van der Waals surface area contributed by atoms with Crippen LogP contribution >= 0.6 is 0 Å². The highest BCUT2D eigenvalue weighted by Gasteiger charge is 2.18. The molecule has 5 rings (SSSR count). The minimum Gasteiger partial charge on any atom is -0.493 e. The number of nitrogens with one attached hydrogen (secondary N) is 2. The molecule has 122 valence electrons. The van der Waals surface area contributed by atoms with Crippen molar-refractivity contribution in [2.75, 3.05) is 14.2 Å². The molecule has 0 fully saturated rings. The van der Waals surface area contributed by atoms with E-state index in [4.69, 9.17) is 14.9 Å². The molecule has 0 spiro atoms. The maximum Gasteiger partial charge on any atom is 0.244 e. The number of pyridine rings is 1. The number of ether oxygens (including phenoxy) is 2. The summed E-state index contributed by atoms with van der Waals surface area (Å²) in [5.41, 5.74) is 2.33. The van der Waals surface area contributed by atoms with Crippen LogP contribution in [-0.4, -0.2) is 29.2 Å². The van der Waals surface area contributed by atoms with Gasteiger partial charge in [0.1, 0.15) is 5.65 Å². The van der Waals surface area contributed by atoms with Gasteiger partial charge in [-0.3, -0.25) is 5.41 Å². The zero-order valence-corrected chi connectivity index (χ0v) is 13.7. The van der Waals surface area contributed by atoms with Gasteiger partial charge in [-0.1, -0.05) is 24.3 Å². The molecule has 25 heavy (non-hydrogen) atoms. The second kappa shape index (κ2) is 4.80. The number of fused-ring (bicyclic) bond motifs is 5. The van der Waals surface area contributed by atoms with Crippen LogP contribution in [0.2, 0.25) is 0 Å². The quantitative estimate of drug-likeness (QED) is 0.486. The van der Waals surface area contributed by atoms with Gasteiger partial charge >= 0.3 is 0 Å². The Kier molecular flexibility index (Phi) is 2.68. The van der Waals surface area contributed by atoms with Crippen LogP contribution in [0.1, 0.15) is 0 Å². The summed E-state index contributed by atoms with van der Waals surface area (Å²) >= 11 is 0. The van der Waals surface area contributed by atoms with Crippen LogP contribution < -0.4 is 15.1 Å². The zero-order valence-electron chi connectivity index (χ0n) is 13.7. The summed E-state index contributed by atoms with van der Waals surface area (Å²) in [6, 6.07) is 12.0. The Labute approximate surface area is 141 Å². The summed E-state index contributed by atoms with van der Waals surface area (Å²) in [5.74, 6) is 1.31. The number of aromatic amines is 1. The van der Waals surface area contributed by atoms with Crippen LogP contribution in [0.5, 0.6) is 11.5 Å². The van der Waals surface area contributed by atoms with E-state index in [1.54, 1.807) is 14.2 Å². The van der Waals surface area contributed by atoms with E-state index in [2.05, 4.69) is 21.0 Å². The zero-order chi connectivity index (χ0) is 17.1. The van der Waals surface area contributed by atoms with Gasteiger partial charge < -0.3 is 14.5 Å². The van der Waals surface area contributed by atoms with Crippen molar-refractivity contribution in [3.63, 3.8) is 0 Å². The van der Waals surface area contributed by atoms with Crippen molar-refractivity contribution in [2.45, 2.75) is 0 Å². The average Bonchev–Trinajstić information content (AvgIpc) is 2.96. The first-order valence-corrected chi connectivity index (χ1v) is 7.85. The minimum atomic E-state index is 0.00114. The molecule has 0 saturated carbocycles. The van der Waals surface area contributed by atoms with Gasteiger partial charge in [-0.15, -0.1) is 0 Å². The Morgan fingerprint density at radius 2 is 1.60 bits per heavy atom. The van der Waals surface area contributed by atoms with Crippen molar-refractivity contribution >= 4 is 43.6 Å². The third kappa shape index (κ3) is 1.76. The lowest BCUT2D eigenvalue weighted by Crippen LogP contribution is -2.10. The number of hydrogen-bond donors (Lipinski definition) is 2. The molecule has 6 heteroatoms. The Morgan fingerprint density at radius 3 is 2.36 bits per heavy atom. The van der Waals surface area contributed by atoms with Crippen molar-refractivity contribution in [1.29, 1.82) is 5.41 Å². The molecule has 0 atom stereocenters. The van der Waals surface area contributed by atoms with E-state index in [1.807, 2.05) is 30.3 Å². The second-order valence-electron chi connectivity index (χ2n) is 5.92. The van der Waals surface area contributed by atoms with Crippen molar-refractivity contribution < 1.29 is 9.47 Å². The van der Waals surface area contributed by atoms with Gasteiger partial charge in [0.2, 0.25) is 5.62 Å². The average molecular weight is 330 g/mol. The number of rotatable bonds is 2. The van der Waals surface area contributed by atoms with Crippen LogP contribution in [0.4, 0.5) is 0 Å². The first-order chi connectivity index (χ1) is 12.2. The van der Waals surface area contributed by atoms with Crippen molar-refractivity contribution in [3.8, 4) is 11.5 Å². The second-order valence-corrected chi connectivity index (χ2v) is 5.92. The molecule has 6 nitrogen and oxygen atoms in total. The van der Waals surface area contributed by atoms with Gasteiger partial charge in [-0.05, 0) is 11.5 Å². The van der Waals surface area contributed by atoms with Crippen LogP contribution in [-0.2, 0) is 0 Å². The molecule has 0 aliphatic carbocycles. The van der Waals surface area contributed by atoms with E-state index in [1.165, 1.54) is 0 Å². The Balaban J connectivity index is 2.15.